The lowest BCUT2D eigenvalue weighted by Gasteiger charge is -2.31. The third kappa shape index (κ3) is 4.07. The number of nitrogens with one attached hydrogen (secondary N) is 1. The van der Waals surface area contributed by atoms with E-state index in [0.29, 0.717) is 36.2 Å². The quantitative estimate of drug-likeness (QED) is 0.669. The molecule has 0 spiro atoms. The molecule has 0 bridgehead atoms. The zero-order valence-corrected chi connectivity index (χ0v) is 14.8. The SMILES string of the molecule is COc1nc(CCC2CCN(P(=O)(O)O)CC2)cc2cn[nH]c(=O)c12. The Kier molecular flexibility index (Phi) is 5.19. The molecule has 1 saturated heterocycles. The van der Waals surface area contributed by atoms with Crippen LogP contribution < -0.4 is 10.3 Å². The number of piperidine rings is 1. The Morgan fingerprint density at radius 1 is 1.40 bits per heavy atom. The van der Waals surface area contributed by atoms with E-state index in [4.69, 9.17) is 4.74 Å². The van der Waals surface area contributed by atoms with Crippen molar-refractivity contribution in [3.8, 4) is 5.88 Å². The molecule has 9 nitrogen and oxygen atoms in total. The van der Waals surface area contributed by atoms with Crippen molar-refractivity contribution in [1.29, 1.82) is 0 Å². The van der Waals surface area contributed by atoms with E-state index in [1.165, 1.54) is 11.8 Å². The third-order valence-electron chi connectivity index (χ3n) is 4.63. The van der Waals surface area contributed by atoms with Gasteiger partial charge in [-0.2, -0.15) is 5.10 Å². The number of rotatable bonds is 5. The van der Waals surface area contributed by atoms with Crippen LogP contribution in [0, 0.1) is 5.92 Å². The minimum absolute atomic E-state index is 0.285. The Hall–Kier alpha value is -1.80. The van der Waals surface area contributed by atoms with Crippen molar-refractivity contribution in [2.45, 2.75) is 25.7 Å². The average molecular weight is 368 g/mol. The van der Waals surface area contributed by atoms with Gasteiger partial charge in [-0.15, -0.1) is 0 Å². The number of pyridine rings is 1. The molecule has 0 amide bonds. The number of fused-ring (bicyclic) bond motifs is 1. The summed E-state index contributed by atoms with van der Waals surface area (Å²) in [7, 11) is -2.65. The first kappa shape index (κ1) is 18.0. The van der Waals surface area contributed by atoms with Gasteiger partial charge in [0.2, 0.25) is 5.88 Å². The van der Waals surface area contributed by atoms with E-state index in [1.54, 1.807) is 6.20 Å². The number of methoxy groups -OCH3 is 1. The molecule has 1 aliphatic rings. The summed E-state index contributed by atoms with van der Waals surface area (Å²) in [6.07, 6.45) is 4.64. The molecule has 0 unspecified atom stereocenters. The maximum absolute atomic E-state index is 11.9. The summed E-state index contributed by atoms with van der Waals surface area (Å²) in [4.78, 5) is 34.7. The molecule has 0 aliphatic carbocycles. The summed E-state index contributed by atoms with van der Waals surface area (Å²) in [6, 6.07) is 1.84. The van der Waals surface area contributed by atoms with Crippen LogP contribution in [0.5, 0.6) is 5.88 Å². The first-order valence-electron chi connectivity index (χ1n) is 8.10. The number of hydrogen-bond donors (Lipinski definition) is 3. The van der Waals surface area contributed by atoms with Gasteiger partial charge in [0, 0.05) is 24.2 Å². The Morgan fingerprint density at radius 2 is 2.12 bits per heavy atom. The van der Waals surface area contributed by atoms with Crippen molar-refractivity contribution in [3.63, 3.8) is 0 Å². The minimum Gasteiger partial charge on any atom is -0.480 e. The fourth-order valence-corrected chi connectivity index (χ4v) is 3.99. The number of H-pyrrole nitrogens is 1. The van der Waals surface area contributed by atoms with Crippen LogP contribution in [0.1, 0.15) is 25.0 Å². The van der Waals surface area contributed by atoms with Crippen molar-refractivity contribution < 1.29 is 19.1 Å². The van der Waals surface area contributed by atoms with Crippen LogP contribution in [-0.2, 0) is 11.0 Å². The lowest BCUT2D eigenvalue weighted by atomic mass is 9.92. The topological polar surface area (TPSA) is 129 Å². The molecule has 3 N–H and O–H groups in total. The summed E-state index contributed by atoms with van der Waals surface area (Å²) in [5.74, 6) is 0.677. The van der Waals surface area contributed by atoms with Crippen molar-refractivity contribution in [2.75, 3.05) is 20.2 Å². The fraction of sp³-hybridized carbons (Fsp3) is 0.533. The van der Waals surface area contributed by atoms with Crippen LogP contribution in [0.4, 0.5) is 0 Å². The summed E-state index contributed by atoms with van der Waals surface area (Å²) < 4.78 is 17.7. The van der Waals surface area contributed by atoms with Gasteiger partial charge in [-0.1, -0.05) is 0 Å². The number of nitrogens with zero attached hydrogens (tertiary/aromatic N) is 3. The van der Waals surface area contributed by atoms with Gasteiger partial charge >= 0.3 is 7.75 Å². The summed E-state index contributed by atoms with van der Waals surface area (Å²) in [5, 5.41) is 7.25. The maximum Gasteiger partial charge on any atom is 0.402 e. The zero-order chi connectivity index (χ0) is 18.0. The van der Waals surface area contributed by atoms with Crippen molar-refractivity contribution in [3.05, 3.63) is 28.3 Å². The molecule has 0 radical (unpaired) electrons. The van der Waals surface area contributed by atoms with Crippen LogP contribution in [0.25, 0.3) is 10.8 Å². The van der Waals surface area contributed by atoms with E-state index in [9.17, 15) is 19.1 Å². The number of aromatic nitrogens is 3. The van der Waals surface area contributed by atoms with Crippen LogP contribution in [0.3, 0.4) is 0 Å². The van der Waals surface area contributed by atoms with Gasteiger partial charge in [0.1, 0.15) is 5.39 Å². The molecule has 1 fully saturated rings. The second kappa shape index (κ2) is 7.21. The lowest BCUT2D eigenvalue weighted by molar-refractivity contribution is 0.207. The molecule has 1 aliphatic heterocycles. The monoisotopic (exact) mass is 368 g/mol. The smallest absolute Gasteiger partial charge is 0.402 e. The van der Waals surface area contributed by atoms with Gasteiger partial charge in [-0.25, -0.2) is 19.3 Å². The average Bonchev–Trinajstić information content (AvgIpc) is 2.59. The molecule has 0 atom stereocenters. The highest BCUT2D eigenvalue weighted by atomic mass is 31.2. The minimum atomic E-state index is -4.12. The van der Waals surface area contributed by atoms with E-state index in [0.717, 1.165) is 25.0 Å². The Bertz CT molecular complexity index is 857. The standard InChI is InChI=1S/C15H21N4O5P/c1-24-15-13-11(9-16-18-14(13)20)8-12(17-15)3-2-10-4-6-19(7-5-10)25(21,22)23/h8-10H,2-7H2,1H3,(H,18,20)(H2,21,22,23). The van der Waals surface area contributed by atoms with E-state index < -0.39 is 7.75 Å². The molecular weight excluding hydrogens is 347 g/mol. The van der Waals surface area contributed by atoms with Gasteiger partial charge in [0.25, 0.3) is 5.56 Å². The van der Waals surface area contributed by atoms with E-state index >= 15 is 0 Å². The number of aromatic amines is 1. The maximum atomic E-state index is 11.9. The van der Waals surface area contributed by atoms with Gasteiger partial charge in [0.05, 0.1) is 13.3 Å². The first-order valence-corrected chi connectivity index (χ1v) is 9.67. The van der Waals surface area contributed by atoms with Gasteiger partial charge in [0.15, 0.2) is 0 Å². The zero-order valence-electron chi connectivity index (χ0n) is 13.9. The van der Waals surface area contributed by atoms with Crippen molar-refractivity contribution in [2.24, 2.45) is 5.92 Å². The van der Waals surface area contributed by atoms with Gasteiger partial charge < -0.3 is 14.5 Å². The number of hydrogen-bond acceptors (Lipinski definition) is 5. The predicted molar refractivity (Wildman–Crippen MR) is 91.4 cm³/mol. The lowest BCUT2D eigenvalue weighted by Crippen LogP contribution is -2.31. The second-order valence-corrected chi connectivity index (χ2v) is 7.83. The molecule has 3 rings (SSSR count). The normalized spacial score (nSPS) is 17.1. The fourth-order valence-electron chi connectivity index (χ4n) is 3.24. The largest absolute Gasteiger partial charge is 0.480 e. The van der Waals surface area contributed by atoms with Crippen LogP contribution in [-0.4, -0.2) is 49.8 Å². The second-order valence-electron chi connectivity index (χ2n) is 6.24. The number of ether oxygens (including phenoxy) is 1. The molecule has 3 heterocycles. The Labute approximate surface area is 144 Å². The third-order valence-corrected chi connectivity index (χ3v) is 5.76. The molecule has 25 heavy (non-hydrogen) atoms. The highest BCUT2D eigenvalue weighted by molar-refractivity contribution is 7.49. The molecule has 136 valence electrons. The Morgan fingerprint density at radius 3 is 2.76 bits per heavy atom. The molecule has 2 aromatic heterocycles. The molecule has 10 heteroatoms. The van der Waals surface area contributed by atoms with Gasteiger partial charge in [-0.05, 0) is 37.7 Å². The summed E-state index contributed by atoms with van der Waals surface area (Å²) >= 11 is 0. The highest BCUT2D eigenvalue weighted by Crippen LogP contribution is 2.43. The molecule has 0 saturated carbocycles. The molecule has 0 aromatic carbocycles. The Balaban J connectivity index is 1.68. The number of aryl methyl sites for hydroxylation is 1. The van der Waals surface area contributed by atoms with Crippen molar-refractivity contribution >= 4 is 18.5 Å². The van der Waals surface area contributed by atoms with E-state index in [1.807, 2.05) is 6.07 Å². The van der Waals surface area contributed by atoms with E-state index in [-0.39, 0.29) is 11.4 Å². The molecular formula is C15H21N4O5P. The predicted octanol–water partition coefficient (Wildman–Crippen LogP) is 1.06. The highest BCUT2D eigenvalue weighted by Gasteiger charge is 2.30. The van der Waals surface area contributed by atoms with Crippen LogP contribution in [0.15, 0.2) is 17.1 Å². The van der Waals surface area contributed by atoms with E-state index in [2.05, 4.69) is 15.2 Å². The summed E-state index contributed by atoms with van der Waals surface area (Å²) in [5.41, 5.74) is 0.479. The summed E-state index contributed by atoms with van der Waals surface area (Å²) in [6.45, 7) is 0.811. The molecule has 2 aromatic rings. The van der Waals surface area contributed by atoms with Crippen molar-refractivity contribution in [1.82, 2.24) is 19.9 Å². The van der Waals surface area contributed by atoms with Crippen LogP contribution in [0.2, 0.25) is 0 Å². The first-order chi connectivity index (χ1) is 11.9. The van der Waals surface area contributed by atoms with Crippen LogP contribution >= 0.6 is 7.75 Å². The van der Waals surface area contributed by atoms with Gasteiger partial charge in [-0.3, -0.25) is 4.79 Å².